The number of hydrogen-bond acceptors (Lipinski definition) is 3. The first-order valence-corrected chi connectivity index (χ1v) is 5.05. The molecular formula is C9H10N2OS. The molecule has 0 aliphatic heterocycles. The summed E-state index contributed by atoms with van der Waals surface area (Å²) in [6.45, 7) is 2.01. The van der Waals surface area contributed by atoms with E-state index < -0.39 is 0 Å². The molecule has 2 heterocycles. The van der Waals surface area contributed by atoms with Crippen molar-refractivity contribution in [2.45, 2.75) is 13.3 Å². The Morgan fingerprint density at radius 1 is 1.62 bits per heavy atom. The molecular weight excluding hydrogens is 184 g/mol. The van der Waals surface area contributed by atoms with Crippen LogP contribution in [-0.4, -0.2) is 9.55 Å². The molecule has 0 saturated carbocycles. The molecule has 4 heteroatoms. The molecule has 0 unspecified atom stereocenters. The van der Waals surface area contributed by atoms with Gasteiger partial charge in [-0.2, -0.15) is 4.98 Å². The summed E-state index contributed by atoms with van der Waals surface area (Å²) in [7, 11) is 1.76. The first-order valence-electron chi connectivity index (χ1n) is 4.17. The van der Waals surface area contributed by atoms with E-state index in [4.69, 9.17) is 0 Å². The van der Waals surface area contributed by atoms with E-state index in [0.29, 0.717) is 0 Å². The predicted molar refractivity (Wildman–Crippen MR) is 54.2 cm³/mol. The zero-order valence-corrected chi connectivity index (χ0v) is 8.39. The van der Waals surface area contributed by atoms with Crippen molar-refractivity contribution in [2.75, 3.05) is 0 Å². The van der Waals surface area contributed by atoms with Crippen molar-refractivity contribution in [3.8, 4) is 0 Å². The van der Waals surface area contributed by atoms with E-state index in [1.165, 1.54) is 0 Å². The Hall–Kier alpha value is -1.16. The minimum absolute atomic E-state index is 0.160. The van der Waals surface area contributed by atoms with E-state index in [9.17, 15) is 4.79 Å². The topological polar surface area (TPSA) is 34.9 Å². The highest BCUT2D eigenvalue weighted by molar-refractivity contribution is 7.16. The van der Waals surface area contributed by atoms with Gasteiger partial charge in [0.15, 0.2) is 0 Å². The third-order valence-electron chi connectivity index (χ3n) is 2.11. The van der Waals surface area contributed by atoms with Gasteiger partial charge < -0.3 is 0 Å². The number of hydrogen-bond donors (Lipinski definition) is 0. The van der Waals surface area contributed by atoms with E-state index in [0.717, 1.165) is 22.3 Å². The highest BCUT2D eigenvalue weighted by Crippen LogP contribution is 2.20. The average Bonchev–Trinajstić information content (AvgIpc) is 2.60. The Morgan fingerprint density at radius 2 is 2.38 bits per heavy atom. The maximum atomic E-state index is 11.4. The summed E-state index contributed by atoms with van der Waals surface area (Å²) in [5.74, 6) is 0. The van der Waals surface area contributed by atoms with Crippen LogP contribution in [0.2, 0.25) is 0 Å². The molecule has 2 aromatic rings. The van der Waals surface area contributed by atoms with Crippen molar-refractivity contribution in [1.82, 2.24) is 9.55 Å². The third kappa shape index (κ3) is 1.18. The maximum absolute atomic E-state index is 11.4. The fourth-order valence-corrected chi connectivity index (χ4v) is 2.27. The van der Waals surface area contributed by atoms with Crippen molar-refractivity contribution in [2.24, 2.45) is 7.05 Å². The van der Waals surface area contributed by atoms with Crippen LogP contribution in [0, 0.1) is 0 Å². The van der Waals surface area contributed by atoms with Gasteiger partial charge in [-0.25, -0.2) is 4.79 Å². The van der Waals surface area contributed by atoms with Gasteiger partial charge in [-0.1, -0.05) is 6.92 Å². The number of rotatable bonds is 1. The van der Waals surface area contributed by atoms with E-state index in [1.54, 1.807) is 23.0 Å². The van der Waals surface area contributed by atoms with Gasteiger partial charge in [-0.15, -0.1) is 11.3 Å². The lowest BCUT2D eigenvalue weighted by Gasteiger charge is -2.01. The molecule has 0 spiro atoms. The summed E-state index contributed by atoms with van der Waals surface area (Å²) in [6.07, 6.45) is 0.809. The van der Waals surface area contributed by atoms with Crippen LogP contribution >= 0.6 is 11.3 Å². The second-order valence-corrected chi connectivity index (χ2v) is 3.79. The molecule has 0 fully saturated rings. The molecule has 0 aromatic carbocycles. The molecule has 0 atom stereocenters. The van der Waals surface area contributed by atoms with Gasteiger partial charge in [-0.3, -0.25) is 4.57 Å². The lowest BCUT2D eigenvalue weighted by molar-refractivity contribution is 0.836. The monoisotopic (exact) mass is 194 g/mol. The second-order valence-electron chi connectivity index (χ2n) is 2.89. The zero-order chi connectivity index (χ0) is 9.42. The molecule has 0 bridgehead atoms. The normalized spacial score (nSPS) is 10.9. The standard InChI is InChI=1S/C9H10N2OS/c1-3-7-6-4-5-13-8(6)11(2)9(12)10-7/h4-5H,3H2,1-2H3. The average molecular weight is 194 g/mol. The summed E-state index contributed by atoms with van der Waals surface area (Å²) in [4.78, 5) is 16.4. The molecule has 0 N–H and O–H groups in total. The summed E-state index contributed by atoms with van der Waals surface area (Å²) in [5.41, 5.74) is 0.742. The summed E-state index contributed by atoms with van der Waals surface area (Å²) < 4.78 is 1.60. The van der Waals surface area contributed by atoms with Gasteiger partial charge in [0.2, 0.25) is 0 Å². The van der Waals surface area contributed by atoms with Gasteiger partial charge in [0.1, 0.15) is 4.83 Å². The fourth-order valence-electron chi connectivity index (χ4n) is 1.39. The smallest absolute Gasteiger partial charge is 0.286 e. The van der Waals surface area contributed by atoms with E-state index in [1.807, 2.05) is 18.4 Å². The van der Waals surface area contributed by atoms with Crippen molar-refractivity contribution in [1.29, 1.82) is 0 Å². The lowest BCUT2D eigenvalue weighted by atomic mass is 10.2. The van der Waals surface area contributed by atoms with Crippen molar-refractivity contribution < 1.29 is 0 Å². The van der Waals surface area contributed by atoms with Crippen LogP contribution in [0.4, 0.5) is 0 Å². The molecule has 68 valence electrons. The molecule has 0 aliphatic rings. The molecule has 0 radical (unpaired) electrons. The van der Waals surface area contributed by atoms with Gasteiger partial charge in [0, 0.05) is 12.4 Å². The quantitative estimate of drug-likeness (QED) is 0.690. The van der Waals surface area contributed by atoms with Gasteiger partial charge in [-0.05, 0) is 17.9 Å². The van der Waals surface area contributed by atoms with Crippen LogP contribution in [0.25, 0.3) is 10.2 Å². The predicted octanol–water partition coefficient (Wildman–Crippen LogP) is 1.56. The van der Waals surface area contributed by atoms with Gasteiger partial charge >= 0.3 is 5.69 Å². The van der Waals surface area contributed by atoms with Crippen LogP contribution in [0.1, 0.15) is 12.6 Å². The zero-order valence-electron chi connectivity index (χ0n) is 7.57. The first-order chi connectivity index (χ1) is 6.24. The van der Waals surface area contributed by atoms with E-state index in [-0.39, 0.29) is 5.69 Å². The number of aromatic nitrogens is 2. The molecule has 0 aliphatic carbocycles. The maximum Gasteiger partial charge on any atom is 0.348 e. The largest absolute Gasteiger partial charge is 0.348 e. The number of thiophene rings is 1. The van der Waals surface area contributed by atoms with Crippen LogP contribution in [-0.2, 0) is 13.5 Å². The Bertz CT molecular complexity index is 498. The Kier molecular flexibility index (Phi) is 1.92. The molecule has 2 aromatic heterocycles. The summed E-state index contributed by atoms with van der Waals surface area (Å²) in [6, 6.07) is 2.02. The Morgan fingerprint density at radius 3 is 3.08 bits per heavy atom. The highest BCUT2D eigenvalue weighted by atomic mass is 32.1. The molecule has 0 amide bonds. The fraction of sp³-hybridized carbons (Fsp3) is 0.333. The van der Waals surface area contributed by atoms with E-state index >= 15 is 0 Å². The summed E-state index contributed by atoms with van der Waals surface area (Å²) >= 11 is 1.58. The lowest BCUT2D eigenvalue weighted by Crippen LogP contribution is -2.20. The van der Waals surface area contributed by atoms with Crippen molar-refractivity contribution in [3.63, 3.8) is 0 Å². The van der Waals surface area contributed by atoms with Gasteiger partial charge in [0.05, 0.1) is 5.69 Å². The molecule has 13 heavy (non-hydrogen) atoms. The molecule has 2 rings (SSSR count). The van der Waals surface area contributed by atoms with Crippen LogP contribution in [0.15, 0.2) is 16.2 Å². The van der Waals surface area contributed by atoms with Crippen LogP contribution in [0.3, 0.4) is 0 Å². The molecule has 0 saturated heterocycles. The van der Waals surface area contributed by atoms with Gasteiger partial charge in [0.25, 0.3) is 0 Å². The minimum Gasteiger partial charge on any atom is -0.286 e. The van der Waals surface area contributed by atoms with Crippen molar-refractivity contribution >= 4 is 21.6 Å². The minimum atomic E-state index is -0.160. The van der Waals surface area contributed by atoms with Crippen molar-refractivity contribution in [3.05, 3.63) is 27.6 Å². The number of aryl methyl sites for hydroxylation is 2. The Labute approximate surface area is 79.7 Å². The SMILES string of the molecule is CCc1nc(=O)n(C)c2sccc12. The van der Waals surface area contributed by atoms with Crippen LogP contribution in [0.5, 0.6) is 0 Å². The summed E-state index contributed by atoms with van der Waals surface area (Å²) in [5, 5.41) is 3.10. The Balaban J connectivity index is 2.95. The second kappa shape index (κ2) is 2.96. The number of nitrogens with zero attached hydrogens (tertiary/aromatic N) is 2. The first kappa shape index (κ1) is 8.44. The third-order valence-corrected chi connectivity index (χ3v) is 3.10. The highest BCUT2D eigenvalue weighted by Gasteiger charge is 2.06. The molecule has 3 nitrogen and oxygen atoms in total. The van der Waals surface area contributed by atoms with E-state index in [2.05, 4.69) is 4.98 Å². The number of fused-ring (bicyclic) bond motifs is 1. The van der Waals surface area contributed by atoms with Crippen LogP contribution < -0.4 is 5.69 Å².